The molecule has 0 aliphatic rings. The van der Waals surface area contributed by atoms with Gasteiger partial charge in [0.2, 0.25) is 5.91 Å². The molecule has 0 aliphatic carbocycles. The summed E-state index contributed by atoms with van der Waals surface area (Å²) in [5, 5.41) is 7.27. The van der Waals surface area contributed by atoms with E-state index in [0.717, 1.165) is 21.6 Å². The summed E-state index contributed by atoms with van der Waals surface area (Å²) in [6.07, 6.45) is 1.60. The van der Waals surface area contributed by atoms with Crippen molar-refractivity contribution in [3.63, 3.8) is 0 Å². The van der Waals surface area contributed by atoms with Crippen LogP contribution >= 0.6 is 15.9 Å². The first-order valence-corrected chi connectivity index (χ1v) is 7.28. The van der Waals surface area contributed by atoms with Crippen molar-refractivity contribution in [3.05, 3.63) is 40.0 Å². The molecule has 1 amide bonds. The first-order valence-electron chi connectivity index (χ1n) is 6.48. The Balaban J connectivity index is 1.92. The minimum atomic E-state index is -0.158. The molecule has 0 saturated heterocycles. The van der Waals surface area contributed by atoms with Gasteiger partial charge < -0.3 is 9.73 Å². The maximum Gasteiger partial charge on any atom is 0.225 e. The Hall–Kier alpha value is -1.56. The Morgan fingerprint density at radius 2 is 2.30 bits per heavy atom. The van der Waals surface area contributed by atoms with E-state index in [1.165, 1.54) is 0 Å². The van der Waals surface area contributed by atoms with Crippen LogP contribution in [0.1, 0.15) is 24.1 Å². The van der Waals surface area contributed by atoms with Crippen LogP contribution in [0.3, 0.4) is 0 Å². The van der Waals surface area contributed by atoms with Crippen molar-refractivity contribution in [2.24, 2.45) is 5.92 Å². The van der Waals surface area contributed by atoms with Crippen molar-refractivity contribution >= 4 is 21.8 Å². The summed E-state index contributed by atoms with van der Waals surface area (Å²) in [5.74, 6) is 0.583. The molecule has 1 N–H and O–H groups in total. The van der Waals surface area contributed by atoms with Crippen LogP contribution in [-0.4, -0.2) is 15.7 Å². The highest BCUT2D eigenvalue weighted by molar-refractivity contribution is 9.10. The van der Waals surface area contributed by atoms with Crippen LogP contribution in [-0.2, 0) is 17.9 Å². The van der Waals surface area contributed by atoms with Gasteiger partial charge >= 0.3 is 0 Å². The third-order valence-corrected chi connectivity index (χ3v) is 4.35. The molecule has 5 nitrogen and oxygen atoms in total. The van der Waals surface area contributed by atoms with E-state index in [0.29, 0.717) is 13.1 Å². The zero-order valence-corrected chi connectivity index (χ0v) is 13.4. The first-order chi connectivity index (χ1) is 9.49. The Morgan fingerprint density at radius 3 is 2.85 bits per heavy atom. The Morgan fingerprint density at radius 1 is 1.55 bits per heavy atom. The van der Waals surface area contributed by atoms with Gasteiger partial charge in [-0.25, -0.2) is 0 Å². The Kier molecular flexibility index (Phi) is 4.65. The van der Waals surface area contributed by atoms with Crippen molar-refractivity contribution in [2.75, 3.05) is 0 Å². The largest absolute Gasteiger partial charge is 0.467 e. The van der Waals surface area contributed by atoms with Gasteiger partial charge in [0.25, 0.3) is 0 Å². The van der Waals surface area contributed by atoms with Gasteiger partial charge in [-0.3, -0.25) is 9.48 Å². The zero-order chi connectivity index (χ0) is 14.7. The van der Waals surface area contributed by atoms with Crippen LogP contribution in [0.2, 0.25) is 0 Å². The molecule has 0 aromatic carbocycles. The molecule has 2 rings (SSSR count). The van der Waals surface area contributed by atoms with Gasteiger partial charge in [-0.1, -0.05) is 6.92 Å². The highest BCUT2D eigenvalue weighted by Gasteiger charge is 2.17. The molecular weight excluding hydrogens is 322 g/mol. The highest BCUT2D eigenvalue weighted by Crippen LogP contribution is 2.20. The Bertz CT molecular complexity index is 590. The SMILES string of the molecule is Cc1nn(CC(C)C(=O)NCc2ccco2)c(C)c1Br. The van der Waals surface area contributed by atoms with Crippen LogP contribution in [0.25, 0.3) is 0 Å². The van der Waals surface area contributed by atoms with Crippen molar-refractivity contribution in [2.45, 2.75) is 33.9 Å². The lowest BCUT2D eigenvalue weighted by atomic mass is 10.1. The summed E-state index contributed by atoms with van der Waals surface area (Å²) < 4.78 is 8.04. The van der Waals surface area contributed by atoms with Crippen molar-refractivity contribution in [3.8, 4) is 0 Å². The van der Waals surface area contributed by atoms with Gasteiger partial charge in [0, 0.05) is 5.69 Å². The fraction of sp³-hybridized carbons (Fsp3) is 0.429. The molecule has 2 aromatic rings. The van der Waals surface area contributed by atoms with Crippen LogP contribution in [0.5, 0.6) is 0 Å². The van der Waals surface area contributed by atoms with E-state index >= 15 is 0 Å². The number of carbonyl (C=O) groups is 1. The zero-order valence-electron chi connectivity index (χ0n) is 11.8. The number of furan rings is 1. The van der Waals surface area contributed by atoms with Crippen LogP contribution in [0, 0.1) is 19.8 Å². The summed E-state index contributed by atoms with van der Waals surface area (Å²) in [6.45, 7) is 6.79. The van der Waals surface area contributed by atoms with E-state index < -0.39 is 0 Å². The first kappa shape index (κ1) is 14.8. The summed E-state index contributed by atoms with van der Waals surface area (Å²) in [4.78, 5) is 12.0. The monoisotopic (exact) mass is 339 g/mol. The van der Waals surface area contributed by atoms with Crippen LogP contribution < -0.4 is 5.32 Å². The minimum absolute atomic E-state index is 0.00919. The maximum atomic E-state index is 12.0. The summed E-state index contributed by atoms with van der Waals surface area (Å²) in [5.41, 5.74) is 1.97. The number of hydrogen-bond donors (Lipinski definition) is 1. The molecule has 0 fully saturated rings. The van der Waals surface area contributed by atoms with Gasteiger partial charge in [-0.2, -0.15) is 5.10 Å². The van der Waals surface area contributed by atoms with E-state index in [2.05, 4.69) is 26.3 Å². The second-order valence-electron chi connectivity index (χ2n) is 4.87. The van der Waals surface area contributed by atoms with Gasteiger partial charge in [0.15, 0.2) is 0 Å². The third kappa shape index (κ3) is 3.30. The molecule has 0 radical (unpaired) electrons. The number of aryl methyl sites for hydroxylation is 1. The van der Waals surface area contributed by atoms with Crippen molar-refractivity contribution < 1.29 is 9.21 Å². The summed E-state index contributed by atoms with van der Waals surface area (Å²) >= 11 is 3.49. The number of amides is 1. The third-order valence-electron chi connectivity index (χ3n) is 3.20. The average molecular weight is 340 g/mol. The number of carbonyl (C=O) groups excluding carboxylic acids is 1. The predicted molar refractivity (Wildman–Crippen MR) is 79.1 cm³/mol. The highest BCUT2D eigenvalue weighted by atomic mass is 79.9. The standard InChI is InChI=1S/C14H18BrN3O2/c1-9(8-18-11(3)13(15)10(2)17-18)14(19)16-7-12-5-4-6-20-12/h4-6,9H,7-8H2,1-3H3,(H,16,19). The molecule has 0 spiro atoms. The van der Waals surface area contributed by atoms with Crippen molar-refractivity contribution in [1.82, 2.24) is 15.1 Å². The van der Waals surface area contributed by atoms with Gasteiger partial charge in [-0.05, 0) is 41.9 Å². The Labute approximate surface area is 126 Å². The lowest BCUT2D eigenvalue weighted by Gasteiger charge is -2.12. The minimum Gasteiger partial charge on any atom is -0.467 e. The second kappa shape index (κ2) is 6.26. The normalized spacial score (nSPS) is 12.4. The molecule has 0 aliphatic heterocycles. The lowest BCUT2D eigenvalue weighted by molar-refractivity contribution is -0.125. The molecular formula is C14H18BrN3O2. The van der Waals surface area contributed by atoms with Gasteiger partial charge in [0.05, 0.1) is 35.4 Å². The molecule has 1 unspecified atom stereocenters. The van der Waals surface area contributed by atoms with Crippen LogP contribution in [0.15, 0.2) is 27.3 Å². The van der Waals surface area contributed by atoms with E-state index in [4.69, 9.17) is 4.42 Å². The number of nitrogens with zero attached hydrogens (tertiary/aromatic N) is 2. The molecule has 0 saturated carbocycles. The quantitative estimate of drug-likeness (QED) is 0.911. The molecule has 2 heterocycles. The molecule has 6 heteroatoms. The van der Waals surface area contributed by atoms with Gasteiger partial charge in [0.1, 0.15) is 5.76 Å². The molecule has 2 aromatic heterocycles. The second-order valence-corrected chi connectivity index (χ2v) is 5.66. The summed E-state index contributed by atoms with van der Waals surface area (Å²) in [6, 6.07) is 3.64. The number of rotatable bonds is 5. The lowest BCUT2D eigenvalue weighted by Crippen LogP contribution is -2.31. The molecule has 1 atom stereocenters. The number of halogens is 1. The van der Waals surface area contributed by atoms with E-state index in [9.17, 15) is 4.79 Å². The fourth-order valence-corrected chi connectivity index (χ4v) is 2.24. The van der Waals surface area contributed by atoms with E-state index in [1.807, 2.05) is 31.5 Å². The van der Waals surface area contributed by atoms with Crippen LogP contribution in [0.4, 0.5) is 0 Å². The molecule has 20 heavy (non-hydrogen) atoms. The fourth-order valence-electron chi connectivity index (χ4n) is 1.96. The number of nitrogens with one attached hydrogen (secondary N) is 1. The number of aromatic nitrogens is 2. The topological polar surface area (TPSA) is 60.1 Å². The number of hydrogen-bond acceptors (Lipinski definition) is 3. The smallest absolute Gasteiger partial charge is 0.225 e. The molecule has 0 bridgehead atoms. The van der Waals surface area contributed by atoms with E-state index in [-0.39, 0.29) is 11.8 Å². The maximum absolute atomic E-state index is 12.0. The van der Waals surface area contributed by atoms with Gasteiger partial charge in [-0.15, -0.1) is 0 Å². The van der Waals surface area contributed by atoms with E-state index in [1.54, 1.807) is 12.3 Å². The predicted octanol–water partition coefficient (Wildman–Crippen LogP) is 2.81. The average Bonchev–Trinajstić information content (AvgIpc) is 3.02. The molecule has 108 valence electrons. The summed E-state index contributed by atoms with van der Waals surface area (Å²) in [7, 11) is 0. The van der Waals surface area contributed by atoms with Crippen molar-refractivity contribution in [1.29, 1.82) is 0 Å².